The van der Waals surface area contributed by atoms with Crippen LogP contribution in [0.5, 0.6) is 0 Å². The number of rotatable bonds is 5. The van der Waals surface area contributed by atoms with Crippen LogP contribution in [0.4, 0.5) is 0 Å². The van der Waals surface area contributed by atoms with E-state index >= 15 is 0 Å². The molecule has 0 bridgehead atoms. The molecule has 3 N–H and O–H groups in total. The average Bonchev–Trinajstić information content (AvgIpc) is 2.30. The van der Waals surface area contributed by atoms with Gasteiger partial charge < -0.3 is 15.8 Å². The first-order valence-corrected chi connectivity index (χ1v) is 6.59. The molecule has 1 saturated carbocycles. The van der Waals surface area contributed by atoms with Gasteiger partial charge in [-0.25, -0.2) is 0 Å². The molecule has 1 atom stereocenters. The van der Waals surface area contributed by atoms with Crippen molar-refractivity contribution in [1.82, 2.24) is 5.32 Å². The number of carbonyl (C=O) groups excluding carboxylic acids is 1. The first-order chi connectivity index (χ1) is 7.99. The van der Waals surface area contributed by atoms with Gasteiger partial charge in [-0.2, -0.15) is 0 Å². The Balaban J connectivity index is 2.42. The summed E-state index contributed by atoms with van der Waals surface area (Å²) in [5, 5.41) is 2.94. The van der Waals surface area contributed by atoms with Crippen LogP contribution in [-0.4, -0.2) is 31.2 Å². The van der Waals surface area contributed by atoms with E-state index in [2.05, 4.69) is 19.2 Å². The number of nitrogens with two attached hydrogens (primary N) is 1. The molecule has 0 spiro atoms. The van der Waals surface area contributed by atoms with Crippen molar-refractivity contribution in [2.24, 2.45) is 11.7 Å². The first kappa shape index (κ1) is 14.5. The third kappa shape index (κ3) is 3.96. The molecular formula is C13H26N2O2. The van der Waals surface area contributed by atoms with E-state index < -0.39 is 5.54 Å². The predicted octanol–water partition coefficient (Wildman–Crippen LogP) is 1.44. The number of carbonyl (C=O) groups is 1. The minimum Gasteiger partial charge on any atom is -0.379 e. The van der Waals surface area contributed by atoms with E-state index in [0.717, 1.165) is 25.7 Å². The van der Waals surface area contributed by atoms with Crippen molar-refractivity contribution >= 4 is 5.91 Å². The summed E-state index contributed by atoms with van der Waals surface area (Å²) in [6.07, 6.45) is 4.98. The van der Waals surface area contributed by atoms with Crippen molar-refractivity contribution < 1.29 is 9.53 Å². The quantitative estimate of drug-likeness (QED) is 0.766. The predicted molar refractivity (Wildman–Crippen MR) is 68.6 cm³/mol. The zero-order valence-corrected chi connectivity index (χ0v) is 11.3. The third-order valence-corrected chi connectivity index (χ3v) is 3.71. The highest BCUT2D eigenvalue weighted by molar-refractivity contribution is 5.86. The fourth-order valence-electron chi connectivity index (χ4n) is 2.37. The van der Waals surface area contributed by atoms with Crippen LogP contribution < -0.4 is 11.1 Å². The van der Waals surface area contributed by atoms with Crippen molar-refractivity contribution in [2.45, 2.75) is 57.6 Å². The highest BCUT2D eigenvalue weighted by Gasteiger charge is 2.35. The largest absolute Gasteiger partial charge is 0.379 e. The molecular weight excluding hydrogens is 216 g/mol. The molecule has 1 aliphatic carbocycles. The van der Waals surface area contributed by atoms with E-state index in [0.29, 0.717) is 12.5 Å². The van der Waals surface area contributed by atoms with Gasteiger partial charge in [0.05, 0.1) is 11.6 Å². The Morgan fingerprint density at radius 1 is 1.35 bits per heavy atom. The number of ether oxygens (including phenoxy) is 1. The minimum atomic E-state index is -0.645. The maximum atomic E-state index is 12.1. The molecule has 1 unspecified atom stereocenters. The molecule has 0 radical (unpaired) electrons. The van der Waals surface area contributed by atoms with Crippen molar-refractivity contribution in [2.75, 3.05) is 13.7 Å². The molecule has 17 heavy (non-hydrogen) atoms. The van der Waals surface area contributed by atoms with E-state index in [1.807, 2.05) is 0 Å². The van der Waals surface area contributed by atoms with Crippen LogP contribution in [0.2, 0.25) is 0 Å². The lowest BCUT2D eigenvalue weighted by molar-refractivity contribution is -0.128. The zero-order chi connectivity index (χ0) is 12.9. The van der Waals surface area contributed by atoms with Gasteiger partial charge in [-0.3, -0.25) is 4.79 Å². The molecule has 0 aromatic carbocycles. The number of amides is 1. The average molecular weight is 242 g/mol. The van der Waals surface area contributed by atoms with Crippen molar-refractivity contribution in [3.05, 3.63) is 0 Å². The van der Waals surface area contributed by atoms with E-state index in [-0.39, 0.29) is 12.0 Å². The second-order valence-electron chi connectivity index (χ2n) is 5.44. The monoisotopic (exact) mass is 242 g/mol. The number of methoxy groups -OCH3 is 1. The molecule has 0 aromatic rings. The summed E-state index contributed by atoms with van der Waals surface area (Å²) in [6.45, 7) is 4.71. The maximum Gasteiger partial charge on any atom is 0.240 e. The lowest BCUT2D eigenvalue weighted by Gasteiger charge is -2.32. The molecule has 1 fully saturated rings. The second kappa shape index (κ2) is 6.36. The number of hydrogen-bond acceptors (Lipinski definition) is 3. The highest BCUT2D eigenvalue weighted by Crippen LogP contribution is 2.25. The minimum absolute atomic E-state index is 0.0140. The smallest absolute Gasteiger partial charge is 0.240 e. The molecule has 4 nitrogen and oxygen atoms in total. The molecule has 0 heterocycles. The van der Waals surface area contributed by atoms with Crippen LogP contribution in [0.25, 0.3) is 0 Å². The van der Waals surface area contributed by atoms with Gasteiger partial charge in [-0.15, -0.1) is 0 Å². The van der Waals surface area contributed by atoms with Crippen molar-refractivity contribution in [1.29, 1.82) is 0 Å². The first-order valence-electron chi connectivity index (χ1n) is 6.59. The summed E-state index contributed by atoms with van der Waals surface area (Å²) in [5.41, 5.74) is 5.51. The van der Waals surface area contributed by atoms with Gasteiger partial charge in [-0.1, -0.05) is 33.1 Å². The Bertz CT molecular complexity index is 248. The summed E-state index contributed by atoms with van der Waals surface area (Å²) in [4.78, 5) is 12.1. The van der Waals surface area contributed by atoms with Crippen LogP contribution in [0.3, 0.4) is 0 Å². The molecule has 0 saturated heterocycles. The Kier molecular flexibility index (Phi) is 5.40. The fourth-order valence-corrected chi connectivity index (χ4v) is 2.37. The van der Waals surface area contributed by atoms with Gasteiger partial charge in [0.15, 0.2) is 0 Å². The lowest BCUT2D eigenvalue weighted by atomic mass is 9.82. The van der Waals surface area contributed by atoms with Crippen LogP contribution >= 0.6 is 0 Å². The fraction of sp³-hybridized carbons (Fsp3) is 0.923. The SMILES string of the molecule is COC(CNC(=O)C1(N)CCCCC1)C(C)C. The van der Waals surface area contributed by atoms with Crippen LogP contribution in [0.15, 0.2) is 0 Å². The summed E-state index contributed by atoms with van der Waals surface area (Å²) < 4.78 is 5.33. The standard InChI is InChI=1S/C13H26N2O2/c1-10(2)11(17-3)9-15-12(16)13(14)7-5-4-6-8-13/h10-11H,4-9,14H2,1-3H3,(H,15,16). The summed E-state index contributed by atoms with van der Waals surface area (Å²) in [6, 6.07) is 0. The van der Waals surface area contributed by atoms with Gasteiger partial charge in [-0.05, 0) is 18.8 Å². The van der Waals surface area contributed by atoms with Gasteiger partial charge >= 0.3 is 0 Å². The van der Waals surface area contributed by atoms with E-state index in [9.17, 15) is 4.79 Å². The third-order valence-electron chi connectivity index (χ3n) is 3.71. The molecule has 1 amide bonds. The molecule has 4 heteroatoms. The van der Waals surface area contributed by atoms with Crippen molar-refractivity contribution in [3.63, 3.8) is 0 Å². The van der Waals surface area contributed by atoms with Crippen LogP contribution in [0, 0.1) is 5.92 Å². The molecule has 0 aromatic heterocycles. The summed E-state index contributed by atoms with van der Waals surface area (Å²) >= 11 is 0. The Labute approximate surface area is 104 Å². The topological polar surface area (TPSA) is 64.3 Å². The van der Waals surface area contributed by atoms with E-state index in [1.165, 1.54) is 6.42 Å². The lowest BCUT2D eigenvalue weighted by Crippen LogP contribution is -2.56. The zero-order valence-electron chi connectivity index (χ0n) is 11.3. The molecule has 100 valence electrons. The molecule has 1 aliphatic rings. The van der Waals surface area contributed by atoms with E-state index in [4.69, 9.17) is 10.5 Å². The second-order valence-corrected chi connectivity index (χ2v) is 5.44. The molecule has 1 rings (SSSR count). The van der Waals surface area contributed by atoms with Crippen LogP contribution in [0.1, 0.15) is 46.0 Å². The normalized spacial score (nSPS) is 21.2. The highest BCUT2D eigenvalue weighted by atomic mass is 16.5. The van der Waals surface area contributed by atoms with Gasteiger partial charge in [0.25, 0.3) is 0 Å². The molecule has 0 aliphatic heterocycles. The van der Waals surface area contributed by atoms with E-state index in [1.54, 1.807) is 7.11 Å². The summed E-state index contributed by atoms with van der Waals surface area (Å²) in [7, 11) is 1.68. The maximum absolute atomic E-state index is 12.1. The Hall–Kier alpha value is -0.610. The Morgan fingerprint density at radius 3 is 2.41 bits per heavy atom. The van der Waals surface area contributed by atoms with Crippen molar-refractivity contribution in [3.8, 4) is 0 Å². The Morgan fingerprint density at radius 2 is 1.94 bits per heavy atom. The number of nitrogens with one attached hydrogen (secondary N) is 1. The van der Waals surface area contributed by atoms with Crippen LogP contribution in [-0.2, 0) is 9.53 Å². The van der Waals surface area contributed by atoms with Gasteiger partial charge in [0, 0.05) is 13.7 Å². The number of hydrogen-bond donors (Lipinski definition) is 2. The van der Waals surface area contributed by atoms with Gasteiger partial charge in [0.1, 0.15) is 0 Å². The van der Waals surface area contributed by atoms with Gasteiger partial charge in [0.2, 0.25) is 5.91 Å². The summed E-state index contributed by atoms with van der Waals surface area (Å²) in [5.74, 6) is 0.375.